The van der Waals surface area contributed by atoms with Crippen LogP contribution in [-0.4, -0.2) is 0 Å². The third-order valence-corrected chi connectivity index (χ3v) is 9.24. The Balaban J connectivity index is 1.28. The van der Waals surface area contributed by atoms with Gasteiger partial charge < -0.3 is 9.32 Å². The first-order chi connectivity index (χ1) is 25.0. The van der Waals surface area contributed by atoms with Crippen molar-refractivity contribution in [1.29, 1.82) is 0 Å². The predicted molar refractivity (Wildman–Crippen MR) is 220 cm³/mol. The number of benzene rings is 6. The van der Waals surface area contributed by atoms with Gasteiger partial charge >= 0.3 is 0 Å². The highest BCUT2D eigenvalue weighted by Crippen LogP contribution is 2.40. The van der Waals surface area contributed by atoms with Gasteiger partial charge in [0.2, 0.25) is 0 Å². The lowest BCUT2D eigenvalue weighted by Gasteiger charge is -2.26. The van der Waals surface area contributed by atoms with Crippen LogP contribution in [0.25, 0.3) is 49.8 Å². The number of furan rings is 1. The second-order valence-electron chi connectivity index (χ2n) is 12.7. The molecule has 1 heterocycles. The van der Waals surface area contributed by atoms with Gasteiger partial charge in [-0.25, -0.2) is 0 Å². The second-order valence-corrected chi connectivity index (χ2v) is 12.7. The van der Waals surface area contributed by atoms with Crippen molar-refractivity contribution in [2.45, 2.75) is 20.3 Å². The van der Waals surface area contributed by atoms with Gasteiger partial charge in [0.25, 0.3) is 0 Å². The minimum atomic E-state index is 0.880. The van der Waals surface area contributed by atoms with Crippen LogP contribution in [0.5, 0.6) is 0 Å². The molecule has 7 aromatic rings. The summed E-state index contributed by atoms with van der Waals surface area (Å²) in [7, 11) is 0. The van der Waals surface area contributed by atoms with Crippen molar-refractivity contribution >= 4 is 44.6 Å². The van der Waals surface area contributed by atoms with Gasteiger partial charge in [0, 0.05) is 27.8 Å². The first kappa shape index (κ1) is 33.1. The summed E-state index contributed by atoms with van der Waals surface area (Å²) in [5, 5.41) is 2.21. The van der Waals surface area contributed by atoms with Crippen LogP contribution in [0, 0.1) is 0 Å². The largest absolute Gasteiger partial charge is 0.456 e. The Bertz CT molecular complexity index is 2420. The average Bonchev–Trinajstić information content (AvgIpc) is 3.56. The molecule has 2 nitrogen and oxygen atoms in total. The fraction of sp³-hybridized carbons (Fsp3) is 0.0612. The molecular formula is C49H41NO. The van der Waals surface area contributed by atoms with E-state index in [0.717, 1.165) is 62.1 Å². The van der Waals surface area contributed by atoms with Gasteiger partial charge in [-0.05, 0) is 112 Å². The maximum Gasteiger partial charge on any atom is 0.135 e. The van der Waals surface area contributed by atoms with Crippen molar-refractivity contribution < 1.29 is 4.42 Å². The van der Waals surface area contributed by atoms with Crippen molar-refractivity contribution in [3.63, 3.8) is 0 Å². The molecule has 0 aliphatic rings. The Morgan fingerprint density at radius 1 is 0.627 bits per heavy atom. The summed E-state index contributed by atoms with van der Waals surface area (Å²) >= 11 is 0. The van der Waals surface area contributed by atoms with E-state index in [9.17, 15) is 0 Å². The minimum absolute atomic E-state index is 0.880. The standard InChI is InChI=1S/C49H41NO/c1-5-7-15-35(3)36(4)32-40(14-6-2)38-22-26-43(27-23-38)50(45-30-31-49-47(34-45)46-20-11-12-21-48(46)51-49)44-28-24-39(25-29-44)42-19-13-18-41(33-42)37-16-9-8-10-17-37/h5,7-34H,1,3,6H2,2,4H3/b15-7-,36-32+,40-14+. The maximum absolute atomic E-state index is 6.19. The molecule has 0 N–H and O–H groups in total. The van der Waals surface area contributed by atoms with E-state index in [1.54, 1.807) is 6.08 Å². The average molecular weight is 660 g/mol. The highest BCUT2D eigenvalue weighted by atomic mass is 16.3. The Morgan fingerprint density at radius 3 is 1.94 bits per heavy atom. The Morgan fingerprint density at radius 2 is 1.24 bits per heavy atom. The van der Waals surface area contributed by atoms with Gasteiger partial charge in [-0.1, -0.05) is 141 Å². The van der Waals surface area contributed by atoms with Gasteiger partial charge in [0.15, 0.2) is 0 Å². The number of anilines is 3. The highest BCUT2D eigenvalue weighted by molar-refractivity contribution is 6.06. The smallest absolute Gasteiger partial charge is 0.135 e. The van der Waals surface area contributed by atoms with Crippen LogP contribution in [0.15, 0.2) is 205 Å². The Kier molecular flexibility index (Phi) is 9.76. The number of nitrogens with zero attached hydrogens (tertiary/aromatic N) is 1. The molecule has 0 aliphatic carbocycles. The molecule has 0 saturated heterocycles. The normalized spacial score (nSPS) is 12.1. The molecule has 0 spiro atoms. The van der Waals surface area contributed by atoms with E-state index in [1.807, 2.05) is 24.3 Å². The van der Waals surface area contributed by atoms with Crippen molar-refractivity contribution in [3.05, 3.63) is 206 Å². The topological polar surface area (TPSA) is 16.4 Å². The summed E-state index contributed by atoms with van der Waals surface area (Å²) in [6, 6.07) is 51.7. The highest BCUT2D eigenvalue weighted by Gasteiger charge is 2.16. The maximum atomic E-state index is 6.19. The Labute approximate surface area is 301 Å². The molecular weight excluding hydrogens is 619 g/mol. The monoisotopic (exact) mass is 659 g/mol. The molecule has 2 heteroatoms. The molecule has 0 radical (unpaired) electrons. The summed E-state index contributed by atoms with van der Waals surface area (Å²) in [5.74, 6) is 0. The zero-order chi connectivity index (χ0) is 35.2. The summed E-state index contributed by atoms with van der Waals surface area (Å²) in [6.07, 6.45) is 11.1. The lowest BCUT2D eigenvalue weighted by molar-refractivity contribution is 0.669. The van der Waals surface area contributed by atoms with Gasteiger partial charge in [0.05, 0.1) is 0 Å². The van der Waals surface area contributed by atoms with E-state index >= 15 is 0 Å². The van der Waals surface area contributed by atoms with Crippen LogP contribution in [0.4, 0.5) is 17.1 Å². The van der Waals surface area contributed by atoms with E-state index in [0.29, 0.717) is 0 Å². The lowest BCUT2D eigenvalue weighted by atomic mass is 9.98. The third kappa shape index (κ3) is 7.18. The van der Waals surface area contributed by atoms with Gasteiger partial charge in [-0.15, -0.1) is 0 Å². The SMILES string of the molecule is C=C/C=C\C(=C)/C(C)=C/C(=C\CC)c1ccc(N(c2ccc(-c3cccc(-c4ccccc4)c3)cc2)c2ccc3oc4ccccc4c3c2)cc1. The van der Waals surface area contributed by atoms with Crippen LogP contribution < -0.4 is 4.90 Å². The van der Waals surface area contributed by atoms with E-state index in [1.165, 1.54) is 27.8 Å². The van der Waals surface area contributed by atoms with Crippen molar-refractivity contribution in [2.24, 2.45) is 0 Å². The first-order valence-electron chi connectivity index (χ1n) is 17.5. The van der Waals surface area contributed by atoms with Crippen molar-refractivity contribution in [2.75, 3.05) is 4.90 Å². The second kappa shape index (κ2) is 15.0. The summed E-state index contributed by atoms with van der Waals surface area (Å²) in [6.45, 7) is 12.3. The Hall–Kier alpha value is -6.38. The third-order valence-electron chi connectivity index (χ3n) is 9.24. The van der Waals surface area contributed by atoms with E-state index in [4.69, 9.17) is 4.42 Å². The van der Waals surface area contributed by atoms with Crippen molar-refractivity contribution in [1.82, 2.24) is 0 Å². The predicted octanol–water partition coefficient (Wildman–Crippen LogP) is 14.4. The number of para-hydroxylation sites is 1. The quantitative estimate of drug-likeness (QED) is 0.129. The lowest BCUT2D eigenvalue weighted by Crippen LogP contribution is -2.09. The van der Waals surface area contributed by atoms with Gasteiger partial charge in [0.1, 0.15) is 11.2 Å². The molecule has 51 heavy (non-hydrogen) atoms. The van der Waals surface area contributed by atoms with Crippen LogP contribution in [-0.2, 0) is 0 Å². The van der Waals surface area contributed by atoms with Gasteiger partial charge in [-0.2, -0.15) is 0 Å². The molecule has 0 aliphatic heterocycles. The summed E-state index contributed by atoms with van der Waals surface area (Å²) < 4.78 is 6.19. The summed E-state index contributed by atoms with van der Waals surface area (Å²) in [5.41, 5.74) is 14.2. The zero-order valence-corrected chi connectivity index (χ0v) is 29.2. The van der Waals surface area contributed by atoms with Crippen LogP contribution >= 0.6 is 0 Å². The van der Waals surface area contributed by atoms with Crippen LogP contribution in [0.3, 0.4) is 0 Å². The molecule has 0 atom stereocenters. The van der Waals surface area contributed by atoms with E-state index in [-0.39, 0.29) is 0 Å². The molecule has 1 aromatic heterocycles. The molecule has 7 rings (SSSR count). The number of rotatable bonds is 11. The number of hydrogen-bond donors (Lipinski definition) is 0. The fourth-order valence-electron chi connectivity index (χ4n) is 6.54. The zero-order valence-electron chi connectivity index (χ0n) is 29.2. The molecule has 0 amide bonds. The number of fused-ring (bicyclic) bond motifs is 3. The van der Waals surface area contributed by atoms with E-state index in [2.05, 4.69) is 178 Å². The minimum Gasteiger partial charge on any atom is -0.456 e. The molecule has 6 aromatic carbocycles. The van der Waals surface area contributed by atoms with Crippen molar-refractivity contribution in [3.8, 4) is 22.3 Å². The molecule has 0 fully saturated rings. The molecule has 248 valence electrons. The number of hydrogen-bond acceptors (Lipinski definition) is 2. The number of allylic oxidation sites excluding steroid dienone is 8. The first-order valence-corrected chi connectivity index (χ1v) is 17.5. The van der Waals surface area contributed by atoms with Gasteiger partial charge in [-0.3, -0.25) is 0 Å². The molecule has 0 unspecified atom stereocenters. The van der Waals surface area contributed by atoms with Crippen LogP contribution in [0.1, 0.15) is 25.8 Å². The fourth-order valence-corrected chi connectivity index (χ4v) is 6.54. The van der Waals surface area contributed by atoms with Crippen LogP contribution in [0.2, 0.25) is 0 Å². The van der Waals surface area contributed by atoms with E-state index < -0.39 is 0 Å². The molecule has 0 saturated carbocycles. The molecule has 0 bridgehead atoms. The summed E-state index contributed by atoms with van der Waals surface area (Å²) in [4.78, 5) is 2.32.